The number of fused-ring (bicyclic) bond motifs is 1. The first-order valence-electron chi connectivity index (χ1n) is 6.34. The van der Waals surface area contributed by atoms with Gasteiger partial charge in [0.25, 0.3) is 5.56 Å². The van der Waals surface area contributed by atoms with Crippen LogP contribution in [0.4, 0.5) is 0 Å². The van der Waals surface area contributed by atoms with Crippen LogP contribution in [0, 0.1) is 0 Å². The molecule has 0 amide bonds. The minimum Gasteiger partial charge on any atom is -0.487 e. The predicted molar refractivity (Wildman–Crippen MR) is 80.1 cm³/mol. The molecular weight excluding hydrogens is 288 g/mol. The average molecular weight is 300 g/mol. The normalized spacial score (nSPS) is 10.7. The van der Waals surface area contributed by atoms with Crippen LogP contribution < -0.4 is 10.3 Å². The molecule has 0 fully saturated rings. The highest BCUT2D eigenvalue weighted by molar-refractivity contribution is 7.15. The van der Waals surface area contributed by atoms with Crippen molar-refractivity contribution >= 4 is 22.1 Å². The molecule has 2 heterocycles. The molecule has 2 aromatic heterocycles. The lowest BCUT2D eigenvalue weighted by atomic mass is 10.1. The molecule has 5 nitrogen and oxygen atoms in total. The van der Waals surface area contributed by atoms with Crippen molar-refractivity contribution in [1.82, 2.24) is 9.38 Å². The van der Waals surface area contributed by atoms with Crippen molar-refractivity contribution < 1.29 is 9.53 Å². The summed E-state index contributed by atoms with van der Waals surface area (Å²) < 4.78 is 7.12. The highest BCUT2D eigenvalue weighted by atomic mass is 32.1. The maximum Gasteiger partial charge on any atom is 0.258 e. The molecule has 0 saturated carbocycles. The number of nitrogens with zero attached hydrogens (tertiary/aromatic N) is 2. The van der Waals surface area contributed by atoms with Crippen LogP contribution in [0.25, 0.3) is 4.96 Å². The molecule has 106 valence electrons. The minimum absolute atomic E-state index is 0.0627. The number of hydrogen-bond donors (Lipinski definition) is 0. The summed E-state index contributed by atoms with van der Waals surface area (Å²) in [7, 11) is 0. The number of para-hydroxylation sites is 1. The molecule has 0 spiro atoms. The Hall–Kier alpha value is -2.47. The number of carbonyl (C=O) groups is 1. The van der Waals surface area contributed by atoms with E-state index in [1.54, 1.807) is 35.8 Å². The van der Waals surface area contributed by atoms with Crippen molar-refractivity contribution in [3.8, 4) is 5.75 Å². The molecule has 0 unspecified atom stereocenters. The van der Waals surface area contributed by atoms with Gasteiger partial charge < -0.3 is 4.74 Å². The molecule has 3 rings (SSSR count). The Morgan fingerprint density at radius 2 is 2.19 bits per heavy atom. The minimum atomic E-state index is -0.139. The van der Waals surface area contributed by atoms with Gasteiger partial charge in [0.1, 0.15) is 12.4 Å². The molecule has 0 aliphatic rings. The first kappa shape index (κ1) is 13.5. The van der Waals surface area contributed by atoms with Gasteiger partial charge in [0.2, 0.25) is 0 Å². The summed E-state index contributed by atoms with van der Waals surface area (Å²) >= 11 is 1.39. The van der Waals surface area contributed by atoms with Crippen LogP contribution in [0.15, 0.2) is 46.7 Å². The largest absolute Gasteiger partial charge is 0.487 e. The van der Waals surface area contributed by atoms with Gasteiger partial charge in [0.15, 0.2) is 10.7 Å². The van der Waals surface area contributed by atoms with Crippen LogP contribution in [0.1, 0.15) is 23.0 Å². The van der Waals surface area contributed by atoms with E-state index in [1.165, 1.54) is 28.7 Å². The Labute approximate surface area is 124 Å². The van der Waals surface area contributed by atoms with Gasteiger partial charge >= 0.3 is 0 Å². The number of ether oxygens (including phenoxy) is 1. The van der Waals surface area contributed by atoms with E-state index in [2.05, 4.69) is 4.98 Å². The summed E-state index contributed by atoms with van der Waals surface area (Å²) in [5, 5.41) is 1.80. The van der Waals surface area contributed by atoms with Crippen LogP contribution in [-0.2, 0) is 6.61 Å². The molecule has 0 aliphatic heterocycles. The van der Waals surface area contributed by atoms with Crippen molar-refractivity contribution in [3.63, 3.8) is 0 Å². The fourth-order valence-corrected chi connectivity index (χ4v) is 2.74. The molecule has 6 heteroatoms. The van der Waals surface area contributed by atoms with Crippen molar-refractivity contribution in [3.05, 3.63) is 63.5 Å². The third kappa shape index (κ3) is 2.71. The molecule has 0 bridgehead atoms. The van der Waals surface area contributed by atoms with E-state index >= 15 is 0 Å². The number of benzene rings is 1. The summed E-state index contributed by atoms with van der Waals surface area (Å²) in [5.74, 6) is 0.436. The van der Waals surface area contributed by atoms with E-state index in [9.17, 15) is 9.59 Å². The van der Waals surface area contributed by atoms with Gasteiger partial charge in [-0.05, 0) is 19.1 Å². The SMILES string of the molecule is CC(=O)c1ccccc1OCc1cc(=O)n2ccsc2n1. The third-order valence-corrected chi connectivity index (χ3v) is 3.75. The fourth-order valence-electron chi connectivity index (χ4n) is 2.00. The van der Waals surface area contributed by atoms with E-state index in [-0.39, 0.29) is 17.9 Å². The monoisotopic (exact) mass is 300 g/mol. The molecule has 0 aliphatic carbocycles. The second-order valence-corrected chi connectivity index (χ2v) is 5.36. The number of Topliss-reactive ketones (excluding diaryl/α,β-unsaturated/α-hetero) is 1. The van der Waals surface area contributed by atoms with Gasteiger partial charge in [0, 0.05) is 17.6 Å². The number of hydrogen-bond acceptors (Lipinski definition) is 5. The Kier molecular flexibility index (Phi) is 3.53. The molecule has 0 N–H and O–H groups in total. The first-order valence-corrected chi connectivity index (χ1v) is 7.21. The number of aromatic nitrogens is 2. The molecule has 0 saturated heterocycles. The Bertz CT molecular complexity index is 866. The Morgan fingerprint density at radius 3 is 3.00 bits per heavy atom. The van der Waals surface area contributed by atoms with Crippen molar-refractivity contribution in [2.45, 2.75) is 13.5 Å². The summed E-state index contributed by atoms with van der Waals surface area (Å²) in [6.45, 7) is 1.64. The third-order valence-electron chi connectivity index (χ3n) is 3.00. The number of ketones is 1. The van der Waals surface area contributed by atoms with Crippen LogP contribution in [-0.4, -0.2) is 15.2 Å². The average Bonchev–Trinajstić information content (AvgIpc) is 2.94. The first-order chi connectivity index (χ1) is 10.1. The lowest BCUT2D eigenvalue weighted by Crippen LogP contribution is -2.14. The maximum atomic E-state index is 11.9. The van der Waals surface area contributed by atoms with Crippen molar-refractivity contribution in [2.24, 2.45) is 0 Å². The molecule has 0 radical (unpaired) electrons. The van der Waals surface area contributed by atoms with Crippen LogP contribution in [0.3, 0.4) is 0 Å². The smallest absolute Gasteiger partial charge is 0.258 e. The highest BCUT2D eigenvalue weighted by Crippen LogP contribution is 2.19. The van der Waals surface area contributed by atoms with E-state index in [4.69, 9.17) is 4.74 Å². The summed E-state index contributed by atoms with van der Waals surface area (Å²) in [5.41, 5.74) is 0.923. The number of thiazole rings is 1. The van der Waals surface area contributed by atoms with E-state index < -0.39 is 0 Å². The maximum absolute atomic E-state index is 11.9. The molecule has 1 aromatic carbocycles. The zero-order valence-electron chi connectivity index (χ0n) is 11.3. The van der Waals surface area contributed by atoms with Gasteiger partial charge in [-0.3, -0.25) is 14.0 Å². The second kappa shape index (κ2) is 5.49. The quantitative estimate of drug-likeness (QED) is 0.695. The predicted octanol–water partition coefficient (Wildman–Crippen LogP) is 2.54. The fraction of sp³-hybridized carbons (Fsp3) is 0.133. The van der Waals surface area contributed by atoms with Gasteiger partial charge in [-0.1, -0.05) is 12.1 Å². The number of carbonyl (C=O) groups excluding carboxylic acids is 1. The van der Waals surface area contributed by atoms with Crippen molar-refractivity contribution in [2.75, 3.05) is 0 Å². The van der Waals surface area contributed by atoms with Gasteiger partial charge in [-0.15, -0.1) is 11.3 Å². The van der Waals surface area contributed by atoms with Gasteiger partial charge in [-0.2, -0.15) is 0 Å². The highest BCUT2D eigenvalue weighted by Gasteiger charge is 2.09. The van der Waals surface area contributed by atoms with Crippen LogP contribution >= 0.6 is 11.3 Å². The van der Waals surface area contributed by atoms with E-state index in [0.717, 1.165) is 0 Å². The number of rotatable bonds is 4. The van der Waals surface area contributed by atoms with Gasteiger partial charge in [0.05, 0.1) is 11.3 Å². The summed E-state index contributed by atoms with van der Waals surface area (Å²) in [6.07, 6.45) is 1.69. The zero-order chi connectivity index (χ0) is 14.8. The van der Waals surface area contributed by atoms with Crippen LogP contribution in [0.2, 0.25) is 0 Å². The topological polar surface area (TPSA) is 60.7 Å². The van der Waals surface area contributed by atoms with Crippen LogP contribution in [0.5, 0.6) is 5.75 Å². The lowest BCUT2D eigenvalue weighted by Gasteiger charge is -2.09. The second-order valence-electron chi connectivity index (χ2n) is 4.48. The molecule has 0 atom stereocenters. The summed E-state index contributed by atoms with van der Waals surface area (Å²) in [6, 6.07) is 8.46. The molecule has 21 heavy (non-hydrogen) atoms. The molecule has 3 aromatic rings. The lowest BCUT2D eigenvalue weighted by molar-refractivity contribution is 0.101. The van der Waals surface area contributed by atoms with E-state index in [0.29, 0.717) is 22.0 Å². The standard InChI is InChI=1S/C15H12N2O3S/c1-10(18)12-4-2-3-5-13(12)20-9-11-8-14(19)17-6-7-21-15(17)16-11/h2-8H,9H2,1H3. The van der Waals surface area contributed by atoms with E-state index in [1.807, 2.05) is 0 Å². The summed E-state index contributed by atoms with van der Waals surface area (Å²) in [4.78, 5) is 28.4. The Morgan fingerprint density at radius 1 is 1.38 bits per heavy atom. The molecular formula is C15H12N2O3S. The van der Waals surface area contributed by atoms with Gasteiger partial charge in [-0.25, -0.2) is 4.98 Å². The van der Waals surface area contributed by atoms with Crippen molar-refractivity contribution in [1.29, 1.82) is 0 Å². The zero-order valence-corrected chi connectivity index (χ0v) is 12.1. The Balaban J connectivity index is 1.87.